The number of aromatic hydroxyl groups is 1. The molecule has 7 atom stereocenters. The zero-order chi connectivity index (χ0) is 57.4. The lowest BCUT2D eigenvalue weighted by molar-refractivity contribution is -0.161. The first-order chi connectivity index (χ1) is 37.4. The van der Waals surface area contributed by atoms with Crippen LogP contribution in [-0.4, -0.2) is 131 Å². The number of aromatic nitrogens is 1. The molecule has 2 aromatic rings. The lowest BCUT2D eigenvalue weighted by Crippen LogP contribution is -2.50. The highest BCUT2D eigenvalue weighted by molar-refractivity contribution is 8.76. The van der Waals surface area contributed by atoms with Crippen LogP contribution < -0.4 is 16.4 Å². The molecule has 3 rings (SSSR count). The number of Topliss-reactive ketones (excluding diaryl/α,β-unsaturated/α-hetero) is 2. The molecule has 3 amide bonds. The Morgan fingerprint density at radius 3 is 2.19 bits per heavy atom. The molecular formula is C58H94N6O11S3. The Hall–Kier alpha value is -4.24. The van der Waals surface area contributed by atoms with E-state index in [-0.39, 0.29) is 92.4 Å². The Bertz CT molecular complexity index is 2110. The number of unbranched alkanes of at least 4 members (excludes halogenated alkanes) is 8. The van der Waals surface area contributed by atoms with Gasteiger partial charge in [-0.1, -0.05) is 133 Å². The van der Waals surface area contributed by atoms with Crippen LogP contribution >= 0.6 is 32.9 Å². The van der Waals surface area contributed by atoms with E-state index in [9.17, 15) is 38.7 Å². The Labute approximate surface area is 477 Å². The van der Waals surface area contributed by atoms with Crippen molar-refractivity contribution < 1.29 is 52.9 Å². The molecule has 17 nitrogen and oxygen atoms in total. The van der Waals surface area contributed by atoms with E-state index in [1.165, 1.54) is 56.8 Å². The van der Waals surface area contributed by atoms with E-state index < -0.39 is 54.0 Å². The summed E-state index contributed by atoms with van der Waals surface area (Å²) in [5.41, 5.74) is 6.41. The van der Waals surface area contributed by atoms with Gasteiger partial charge < -0.3 is 40.6 Å². The summed E-state index contributed by atoms with van der Waals surface area (Å²) in [5, 5.41) is 17.4. The topological polar surface area (TPSA) is 237 Å². The van der Waals surface area contributed by atoms with Crippen LogP contribution in [0.15, 0.2) is 29.6 Å². The number of benzene rings is 1. The minimum atomic E-state index is -1.01. The number of piperidine rings is 1. The van der Waals surface area contributed by atoms with Crippen LogP contribution in [0.2, 0.25) is 0 Å². The number of ketones is 2. The van der Waals surface area contributed by atoms with Gasteiger partial charge in [-0.15, -0.1) is 11.3 Å². The Kier molecular flexibility index (Phi) is 33.5. The third-order valence-corrected chi connectivity index (χ3v) is 17.9. The molecule has 0 bridgehead atoms. The van der Waals surface area contributed by atoms with E-state index in [0.29, 0.717) is 30.0 Å². The van der Waals surface area contributed by atoms with Crippen molar-refractivity contribution in [3.05, 3.63) is 45.9 Å². The van der Waals surface area contributed by atoms with Crippen molar-refractivity contribution in [2.24, 2.45) is 29.4 Å². The fraction of sp³-hybridized carbons (Fsp3) is 0.724. The summed E-state index contributed by atoms with van der Waals surface area (Å²) >= 11 is 1.12. The fourth-order valence-corrected chi connectivity index (χ4v) is 12.5. The monoisotopic (exact) mass is 1150 g/mol. The molecule has 78 heavy (non-hydrogen) atoms. The average Bonchev–Trinajstić information content (AvgIpc) is 3.92. The fourth-order valence-electron chi connectivity index (χ4n) is 9.66. The first kappa shape index (κ1) is 68.0. The number of alkyl carbamates (subject to hydrolysis) is 1. The molecule has 0 radical (unpaired) electrons. The third kappa shape index (κ3) is 25.9. The second kappa shape index (κ2) is 38.4. The number of hydrogen-bond donors (Lipinski definition) is 4. The van der Waals surface area contributed by atoms with Crippen LogP contribution in [0.25, 0.3) is 0 Å². The summed E-state index contributed by atoms with van der Waals surface area (Å²) < 4.78 is 17.0. The number of likely N-dealkylation sites (tertiary alicyclic amines) is 1. The second-order valence-electron chi connectivity index (χ2n) is 21.3. The van der Waals surface area contributed by atoms with Crippen molar-refractivity contribution in [2.75, 3.05) is 51.5 Å². The lowest BCUT2D eigenvalue weighted by atomic mass is 9.82. The highest BCUT2D eigenvalue weighted by Crippen LogP contribution is 2.34. The highest BCUT2D eigenvalue weighted by atomic mass is 33.1. The number of nitrogens with two attached hydrogens (primary N) is 1. The summed E-state index contributed by atoms with van der Waals surface area (Å²) in [6.45, 7) is 13.8. The van der Waals surface area contributed by atoms with Gasteiger partial charge in [0.05, 0.1) is 12.6 Å². The molecule has 1 fully saturated rings. The number of nitrogens with zero attached hydrogens (tertiary/aromatic N) is 3. The number of ether oxygens (including phenoxy) is 3. The molecule has 1 aliphatic rings. The first-order valence-corrected chi connectivity index (χ1v) is 32.0. The van der Waals surface area contributed by atoms with E-state index in [0.717, 1.165) is 67.8 Å². The molecule has 0 unspecified atom stereocenters. The molecular weight excluding hydrogens is 1050 g/mol. The molecule has 1 aromatic heterocycles. The van der Waals surface area contributed by atoms with Gasteiger partial charge in [0, 0.05) is 67.0 Å². The van der Waals surface area contributed by atoms with Crippen LogP contribution in [0.4, 0.5) is 4.79 Å². The van der Waals surface area contributed by atoms with Crippen molar-refractivity contribution in [3.63, 3.8) is 0 Å². The van der Waals surface area contributed by atoms with E-state index in [4.69, 9.17) is 19.9 Å². The lowest BCUT2D eigenvalue weighted by Gasteiger charge is -2.39. The number of phenolic OH excluding ortho intramolecular Hbond substituents is 1. The number of amides is 3. The predicted octanol–water partition coefficient (Wildman–Crippen LogP) is 10.6. The number of rotatable bonds is 40. The molecule has 5 N–H and O–H groups in total. The number of likely N-dealkylation sites (N-methyl/N-ethyl adjacent to an activating group) is 1. The van der Waals surface area contributed by atoms with Gasteiger partial charge in [-0.2, -0.15) is 0 Å². The number of nitrogens with one attached hydrogen (secondary N) is 2. The number of carbonyl (C=O) groups is 7. The molecule has 2 heterocycles. The third-order valence-electron chi connectivity index (χ3n) is 14.5. The van der Waals surface area contributed by atoms with Gasteiger partial charge in [0.15, 0.2) is 24.4 Å². The maximum atomic E-state index is 15.0. The van der Waals surface area contributed by atoms with Crippen LogP contribution in [0.3, 0.4) is 0 Å². The van der Waals surface area contributed by atoms with Crippen molar-refractivity contribution in [1.82, 2.24) is 25.4 Å². The van der Waals surface area contributed by atoms with Crippen LogP contribution in [-0.2, 0) is 44.6 Å². The molecule has 0 saturated carbocycles. The van der Waals surface area contributed by atoms with Crippen molar-refractivity contribution in [3.8, 4) is 5.75 Å². The number of carbonyl (C=O) groups excluding carboxylic acids is 7. The smallest absolute Gasteiger partial charge is 0.407 e. The molecule has 1 saturated heterocycles. The Morgan fingerprint density at radius 2 is 1.56 bits per heavy atom. The molecule has 20 heteroatoms. The van der Waals surface area contributed by atoms with E-state index >= 15 is 0 Å². The van der Waals surface area contributed by atoms with Gasteiger partial charge in [0.25, 0.3) is 5.91 Å². The van der Waals surface area contributed by atoms with E-state index in [1.807, 2.05) is 41.7 Å². The molecule has 0 spiro atoms. The van der Waals surface area contributed by atoms with Crippen LogP contribution in [0.5, 0.6) is 5.75 Å². The number of hydrogen-bond acceptors (Lipinski definition) is 17. The van der Waals surface area contributed by atoms with Crippen molar-refractivity contribution in [2.45, 2.75) is 195 Å². The van der Waals surface area contributed by atoms with Gasteiger partial charge in [-0.05, 0) is 94.6 Å². The van der Waals surface area contributed by atoms with E-state index in [2.05, 4.69) is 20.5 Å². The normalized spacial score (nSPS) is 16.1. The second-order valence-corrected chi connectivity index (χ2v) is 24.9. The van der Waals surface area contributed by atoms with E-state index in [1.54, 1.807) is 58.2 Å². The molecule has 1 aliphatic heterocycles. The van der Waals surface area contributed by atoms with Gasteiger partial charge in [0.1, 0.15) is 23.1 Å². The Balaban J connectivity index is 1.70. The van der Waals surface area contributed by atoms with Crippen LogP contribution in [0.1, 0.15) is 191 Å². The SMILES string of the molecule is CCCC(=O)OCN(C(=O)[C@@H](CC(=O)[C@H]1CCCCN1C)[C@H](C)CC)[C@H](C[C@@H](OC(C)=O)c1nc(C(=O)N[C@@H](Cc2ccc(O)cc2)C[C@H](C)C(=O)CNC(=O)OCCSSCCCCCCCCCCCN)cs1)C(C)C. The quantitative estimate of drug-likeness (QED) is 0.0160. The maximum absolute atomic E-state index is 15.0. The zero-order valence-corrected chi connectivity index (χ0v) is 50.5. The highest BCUT2D eigenvalue weighted by Gasteiger charge is 2.40. The summed E-state index contributed by atoms with van der Waals surface area (Å²) in [6, 6.07) is 5.03. The minimum absolute atomic E-state index is 0.00864. The molecule has 440 valence electrons. The molecule has 1 aromatic carbocycles. The largest absolute Gasteiger partial charge is 0.508 e. The average molecular weight is 1150 g/mol. The van der Waals surface area contributed by atoms with Crippen molar-refractivity contribution >= 4 is 74.3 Å². The van der Waals surface area contributed by atoms with Crippen molar-refractivity contribution in [1.29, 1.82) is 0 Å². The molecule has 0 aliphatic carbocycles. The van der Waals surface area contributed by atoms with Gasteiger partial charge >= 0.3 is 18.0 Å². The van der Waals surface area contributed by atoms with Gasteiger partial charge in [-0.25, -0.2) is 9.78 Å². The van der Waals surface area contributed by atoms with Gasteiger partial charge in [-0.3, -0.25) is 33.7 Å². The first-order valence-electron chi connectivity index (χ1n) is 28.7. The number of phenols is 1. The zero-order valence-electron chi connectivity index (χ0n) is 48.1. The maximum Gasteiger partial charge on any atom is 0.407 e. The number of thiazole rings is 1. The standard InChI is InChI=1S/C58H94N6O11S3/c1-9-22-54(69)74-39-64(57(71)47(41(5)10-2)35-51(67)49-23-18-20-29-63(49)8)50(40(3)4)36-53(75-43(7)65)56-62-48(38-76-56)55(70)61-45(34-44-24-26-46(66)27-25-44)33-42(6)52(68)37-60-58(72)73-30-32-78-77-31-21-17-15-13-11-12-14-16-19-28-59/h24-27,38,40-42,45,47,49-50,53,66H,9-23,28-37,39,59H2,1-8H3,(H,60,72)(H,61,70)/t41-,42+,45-,47+,49-,50-,53-/m1/s1. The van der Waals surface area contributed by atoms with Gasteiger partial charge in [0.2, 0.25) is 5.91 Å². The Morgan fingerprint density at radius 1 is 0.897 bits per heavy atom. The number of esters is 2. The summed E-state index contributed by atoms with van der Waals surface area (Å²) in [6.07, 6.45) is 14.0. The minimum Gasteiger partial charge on any atom is -0.508 e. The summed E-state index contributed by atoms with van der Waals surface area (Å²) in [5.74, 6) is -2.13. The summed E-state index contributed by atoms with van der Waals surface area (Å²) in [7, 11) is 5.38. The predicted molar refractivity (Wildman–Crippen MR) is 312 cm³/mol. The summed E-state index contributed by atoms with van der Waals surface area (Å²) in [4.78, 5) is 103. The van der Waals surface area contributed by atoms with Crippen LogP contribution in [0, 0.1) is 23.7 Å².